The summed E-state index contributed by atoms with van der Waals surface area (Å²) >= 11 is 6.06. The van der Waals surface area contributed by atoms with Gasteiger partial charge in [-0.25, -0.2) is 8.42 Å². The van der Waals surface area contributed by atoms with E-state index < -0.39 is 10.0 Å². The van der Waals surface area contributed by atoms with Gasteiger partial charge in [0.25, 0.3) is 0 Å². The van der Waals surface area contributed by atoms with Gasteiger partial charge in [0.1, 0.15) is 0 Å². The zero-order valence-electron chi connectivity index (χ0n) is 14.9. The van der Waals surface area contributed by atoms with Gasteiger partial charge in [-0.15, -0.1) is 0 Å². The third-order valence-corrected chi connectivity index (χ3v) is 5.72. The second kappa shape index (κ2) is 9.16. The van der Waals surface area contributed by atoms with Crippen LogP contribution in [0.25, 0.3) is 0 Å². The molecule has 7 heteroatoms. The van der Waals surface area contributed by atoms with E-state index in [4.69, 9.17) is 11.6 Å². The summed E-state index contributed by atoms with van der Waals surface area (Å²) in [5.41, 5.74) is 2.76. The zero-order chi connectivity index (χ0) is 19.2. The van der Waals surface area contributed by atoms with Crippen molar-refractivity contribution in [2.24, 2.45) is 0 Å². The number of nitrogens with zero attached hydrogens (tertiary/aromatic N) is 1. The number of sulfonamides is 1. The number of amides is 1. The Balaban J connectivity index is 1.94. The molecule has 0 saturated heterocycles. The predicted octanol–water partition coefficient (Wildman–Crippen LogP) is 3.12. The van der Waals surface area contributed by atoms with E-state index in [0.29, 0.717) is 11.6 Å². The number of carbonyl (C=O) groups is 1. The summed E-state index contributed by atoms with van der Waals surface area (Å²) in [7, 11) is -3.42. The van der Waals surface area contributed by atoms with E-state index in [-0.39, 0.29) is 25.4 Å². The summed E-state index contributed by atoms with van der Waals surface area (Å²) in [6.07, 6.45) is 1.25. The minimum Gasteiger partial charge on any atom is -0.352 e. The van der Waals surface area contributed by atoms with Crippen molar-refractivity contribution in [2.45, 2.75) is 26.4 Å². The lowest BCUT2D eigenvalue weighted by atomic mass is 10.1. The lowest BCUT2D eigenvalue weighted by Gasteiger charge is -2.21. The smallest absolute Gasteiger partial charge is 0.221 e. The normalized spacial score (nSPS) is 11.5. The van der Waals surface area contributed by atoms with Gasteiger partial charge in [-0.1, -0.05) is 54.1 Å². The predicted molar refractivity (Wildman–Crippen MR) is 104 cm³/mol. The molecule has 5 nitrogen and oxygen atoms in total. The van der Waals surface area contributed by atoms with Crippen molar-refractivity contribution in [3.8, 4) is 0 Å². The Morgan fingerprint density at radius 2 is 1.69 bits per heavy atom. The molecule has 0 bridgehead atoms. The topological polar surface area (TPSA) is 66.5 Å². The monoisotopic (exact) mass is 394 g/mol. The summed E-state index contributed by atoms with van der Waals surface area (Å²) in [6, 6.07) is 14.9. The van der Waals surface area contributed by atoms with Crippen molar-refractivity contribution < 1.29 is 13.2 Å². The molecule has 0 fully saturated rings. The van der Waals surface area contributed by atoms with Crippen LogP contribution in [0.4, 0.5) is 0 Å². The van der Waals surface area contributed by atoms with Crippen LogP contribution in [0.1, 0.15) is 23.1 Å². The molecule has 1 amide bonds. The van der Waals surface area contributed by atoms with Crippen molar-refractivity contribution in [3.63, 3.8) is 0 Å². The molecule has 140 valence electrons. The Morgan fingerprint density at radius 1 is 1.08 bits per heavy atom. The molecule has 0 radical (unpaired) electrons. The van der Waals surface area contributed by atoms with Gasteiger partial charge in [-0.05, 0) is 29.7 Å². The lowest BCUT2D eigenvalue weighted by Crippen LogP contribution is -2.34. The van der Waals surface area contributed by atoms with E-state index in [2.05, 4.69) is 5.32 Å². The van der Waals surface area contributed by atoms with Crippen molar-refractivity contribution in [1.82, 2.24) is 9.62 Å². The average Bonchev–Trinajstić information content (AvgIpc) is 2.58. The first kappa shape index (κ1) is 20.4. The Hall–Kier alpha value is -1.89. The first-order chi connectivity index (χ1) is 12.3. The van der Waals surface area contributed by atoms with Crippen molar-refractivity contribution in [3.05, 3.63) is 70.2 Å². The van der Waals surface area contributed by atoms with Crippen molar-refractivity contribution in [2.75, 3.05) is 12.8 Å². The molecule has 0 aliphatic heterocycles. The molecule has 26 heavy (non-hydrogen) atoms. The molecule has 2 aromatic rings. The molecule has 0 unspecified atom stereocenters. The largest absolute Gasteiger partial charge is 0.352 e. The van der Waals surface area contributed by atoms with E-state index in [1.54, 1.807) is 6.07 Å². The fourth-order valence-corrected chi connectivity index (χ4v) is 3.49. The van der Waals surface area contributed by atoms with E-state index in [0.717, 1.165) is 22.9 Å². The number of benzene rings is 2. The van der Waals surface area contributed by atoms with Gasteiger partial charge in [0.15, 0.2) is 0 Å². The highest BCUT2D eigenvalue weighted by atomic mass is 35.5. The first-order valence-electron chi connectivity index (χ1n) is 8.27. The summed E-state index contributed by atoms with van der Waals surface area (Å²) < 4.78 is 25.4. The maximum Gasteiger partial charge on any atom is 0.221 e. The fraction of sp³-hybridized carbons (Fsp3) is 0.316. The van der Waals surface area contributed by atoms with Crippen LogP contribution in [0.15, 0.2) is 48.5 Å². The molecule has 0 aromatic heterocycles. The summed E-state index contributed by atoms with van der Waals surface area (Å²) in [5, 5.41) is 3.37. The molecule has 2 aromatic carbocycles. The third kappa shape index (κ3) is 6.12. The first-order valence-corrected chi connectivity index (χ1v) is 10.5. The molecule has 0 atom stereocenters. The van der Waals surface area contributed by atoms with Gasteiger partial charge in [-0.2, -0.15) is 4.31 Å². The number of halogens is 1. The molecule has 2 rings (SSSR count). The highest BCUT2D eigenvalue weighted by molar-refractivity contribution is 7.88. The SMILES string of the molecule is Cc1ccccc1CN(CCC(=O)NCc1ccccc1Cl)S(C)(=O)=O. The van der Waals surface area contributed by atoms with Gasteiger partial charge in [0, 0.05) is 31.1 Å². The summed E-state index contributed by atoms with van der Waals surface area (Å²) in [4.78, 5) is 12.1. The molecular formula is C19H23ClN2O3S. The van der Waals surface area contributed by atoms with Crippen LogP contribution in [0.2, 0.25) is 5.02 Å². The molecule has 0 heterocycles. The summed E-state index contributed by atoms with van der Waals surface area (Å²) in [6.45, 7) is 2.63. The van der Waals surface area contributed by atoms with Crippen LogP contribution in [0.3, 0.4) is 0 Å². The number of hydrogen-bond donors (Lipinski definition) is 1. The van der Waals surface area contributed by atoms with Crippen molar-refractivity contribution in [1.29, 1.82) is 0 Å². The average molecular weight is 395 g/mol. The molecule has 0 aliphatic carbocycles. The Kier molecular flexibility index (Phi) is 7.20. The maximum atomic E-state index is 12.1. The molecule has 0 saturated carbocycles. The summed E-state index contributed by atoms with van der Waals surface area (Å²) in [5.74, 6) is -0.219. The van der Waals surface area contributed by atoms with Crippen LogP contribution in [0, 0.1) is 6.92 Å². The van der Waals surface area contributed by atoms with Crippen molar-refractivity contribution >= 4 is 27.5 Å². The van der Waals surface area contributed by atoms with E-state index in [9.17, 15) is 13.2 Å². The van der Waals surface area contributed by atoms with E-state index >= 15 is 0 Å². The highest BCUT2D eigenvalue weighted by Crippen LogP contribution is 2.15. The van der Waals surface area contributed by atoms with E-state index in [1.165, 1.54) is 4.31 Å². The van der Waals surface area contributed by atoms with Crippen LogP contribution in [0.5, 0.6) is 0 Å². The number of rotatable bonds is 8. The Morgan fingerprint density at radius 3 is 2.31 bits per heavy atom. The van der Waals surface area contributed by atoms with Gasteiger partial charge in [0.2, 0.25) is 15.9 Å². The van der Waals surface area contributed by atoms with Crippen LogP contribution < -0.4 is 5.32 Å². The lowest BCUT2D eigenvalue weighted by molar-refractivity contribution is -0.121. The number of hydrogen-bond acceptors (Lipinski definition) is 3. The number of carbonyl (C=O) groups excluding carboxylic acids is 1. The van der Waals surface area contributed by atoms with Crippen LogP contribution >= 0.6 is 11.6 Å². The Bertz CT molecular complexity index is 869. The fourth-order valence-electron chi connectivity index (χ4n) is 2.49. The number of aryl methyl sites for hydroxylation is 1. The zero-order valence-corrected chi connectivity index (χ0v) is 16.5. The number of nitrogens with one attached hydrogen (secondary N) is 1. The minimum atomic E-state index is -3.42. The van der Waals surface area contributed by atoms with E-state index in [1.807, 2.05) is 49.4 Å². The van der Waals surface area contributed by atoms with Crippen LogP contribution in [-0.2, 0) is 27.9 Å². The van der Waals surface area contributed by atoms with Gasteiger partial charge in [0.05, 0.1) is 6.26 Å². The molecule has 0 aliphatic rings. The maximum absolute atomic E-state index is 12.1. The standard InChI is InChI=1S/C19H23ClN2O3S/c1-15-7-3-4-9-17(15)14-22(26(2,24)25)12-11-19(23)21-13-16-8-5-6-10-18(16)20/h3-10H,11-14H2,1-2H3,(H,21,23). The van der Waals surface area contributed by atoms with Gasteiger partial charge in [-0.3, -0.25) is 4.79 Å². The molecule has 0 spiro atoms. The second-order valence-electron chi connectivity index (χ2n) is 6.14. The highest BCUT2D eigenvalue weighted by Gasteiger charge is 2.19. The quantitative estimate of drug-likeness (QED) is 0.748. The third-order valence-electron chi connectivity index (χ3n) is 4.10. The minimum absolute atomic E-state index is 0.0867. The van der Waals surface area contributed by atoms with Gasteiger partial charge < -0.3 is 5.32 Å². The van der Waals surface area contributed by atoms with Crippen LogP contribution in [-0.4, -0.2) is 31.4 Å². The Labute approximate surface area is 160 Å². The molecule has 1 N–H and O–H groups in total. The second-order valence-corrected chi connectivity index (χ2v) is 8.53. The van der Waals surface area contributed by atoms with Gasteiger partial charge >= 0.3 is 0 Å². The molecular weight excluding hydrogens is 372 g/mol.